The van der Waals surface area contributed by atoms with Crippen LogP contribution in [0.5, 0.6) is 6.01 Å². The standard InChI is InChI=1S/C19H20N6O4S/c1-11(2)29-19-24-15(16(26)22-14-6-5-12(10-21-14)17(27)28)23-18(25-19)20-8-7-13-4-3-9-30-13/h3-6,9-11H,7-8H2,1-2H3,(H,27,28)(H,21,22,26)(H,20,23,24,25). The fourth-order valence-corrected chi connectivity index (χ4v) is 3.03. The van der Waals surface area contributed by atoms with Gasteiger partial charge in [-0.25, -0.2) is 9.78 Å². The molecule has 0 aliphatic heterocycles. The predicted molar refractivity (Wildman–Crippen MR) is 111 cm³/mol. The summed E-state index contributed by atoms with van der Waals surface area (Å²) in [5.74, 6) is -1.49. The van der Waals surface area contributed by atoms with Gasteiger partial charge in [0.1, 0.15) is 5.82 Å². The number of ether oxygens (including phenoxy) is 1. The van der Waals surface area contributed by atoms with Crippen molar-refractivity contribution in [2.45, 2.75) is 26.4 Å². The van der Waals surface area contributed by atoms with E-state index >= 15 is 0 Å². The van der Waals surface area contributed by atoms with Crippen molar-refractivity contribution < 1.29 is 19.4 Å². The first-order valence-electron chi connectivity index (χ1n) is 9.10. The molecule has 3 aromatic rings. The Morgan fingerprint density at radius 2 is 2.03 bits per heavy atom. The van der Waals surface area contributed by atoms with Gasteiger partial charge in [-0.2, -0.15) is 15.0 Å². The fraction of sp³-hybridized carbons (Fsp3) is 0.263. The number of nitrogens with zero attached hydrogens (tertiary/aromatic N) is 4. The highest BCUT2D eigenvalue weighted by Gasteiger charge is 2.16. The van der Waals surface area contributed by atoms with E-state index in [-0.39, 0.29) is 35.3 Å². The number of nitrogens with one attached hydrogen (secondary N) is 2. The van der Waals surface area contributed by atoms with E-state index in [1.807, 2.05) is 31.4 Å². The lowest BCUT2D eigenvalue weighted by atomic mass is 10.3. The molecule has 0 spiro atoms. The number of hydrogen-bond acceptors (Lipinski definition) is 9. The van der Waals surface area contributed by atoms with Gasteiger partial charge >= 0.3 is 12.0 Å². The summed E-state index contributed by atoms with van der Waals surface area (Å²) in [6, 6.07) is 6.77. The first-order chi connectivity index (χ1) is 14.4. The third-order valence-corrected chi connectivity index (χ3v) is 4.58. The normalized spacial score (nSPS) is 10.6. The zero-order chi connectivity index (χ0) is 21.5. The van der Waals surface area contributed by atoms with E-state index in [2.05, 4.69) is 30.6 Å². The molecular weight excluding hydrogens is 408 g/mol. The maximum absolute atomic E-state index is 12.6. The van der Waals surface area contributed by atoms with Gasteiger partial charge in [-0.05, 0) is 43.8 Å². The number of aromatic nitrogens is 4. The van der Waals surface area contributed by atoms with E-state index in [4.69, 9.17) is 9.84 Å². The predicted octanol–water partition coefficient (Wildman–Crippen LogP) is 2.72. The summed E-state index contributed by atoms with van der Waals surface area (Å²) in [5, 5.41) is 16.5. The third-order valence-electron chi connectivity index (χ3n) is 3.65. The minimum atomic E-state index is -1.11. The molecule has 3 aromatic heterocycles. The Bertz CT molecular complexity index is 1010. The van der Waals surface area contributed by atoms with E-state index in [0.29, 0.717) is 6.54 Å². The number of carbonyl (C=O) groups is 2. The lowest BCUT2D eigenvalue weighted by Gasteiger charge is -2.11. The van der Waals surface area contributed by atoms with Gasteiger partial charge in [-0.3, -0.25) is 4.79 Å². The van der Waals surface area contributed by atoms with Crippen LogP contribution >= 0.6 is 11.3 Å². The molecule has 0 aliphatic carbocycles. The zero-order valence-corrected chi connectivity index (χ0v) is 17.1. The van der Waals surface area contributed by atoms with Gasteiger partial charge in [0.05, 0.1) is 11.7 Å². The summed E-state index contributed by atoms with van der Waals surface area (Å²) in [6.07, 6.45) is 1.74. The number of hydrogen-bond donors (Lipinski definition) is 3. The number of rotatable bonds is 9. The number of aromatic carboxylic acids is 1. The summed E-state index contributed by atoms with van der Waals surface area (Å²) in [6.45, 7) is 4.22. The number of thiophene rings is 1. The van der Waals surface area contributed by atoms with Gasteiger partial charge < -0.3 is 20.5 Å². The van der Waals surface area contributed by atoms with Crippen LogP contribution in [0.1, 0.15) is 39.7 Å². The molecule has 0 fully saturated rings. The van der Waals surface area contributed by atoms with Gasteiger partial charge in [0.15, 0.2) is 0 Å². The van der Waals surface area contributed by atoms with E-state index in [9.17, 15) is 9.59 Å². The molecule has 156 valence electrons. The summed E-state index contributed by atoms with van der Waals surface area (Å²) in [4.78, 5) is 41.0. The smallest absolute Gasteiger partial charge is 0.337 e. The van der Waals surface area contributed by atoms with Crippen molar-refractivity contribution in [3.05, 3.63) is 52.1 Å². The Morgan fingerprint density at radius 1 is 1.20 bits per heavy atom. The van der Waals surface area contributed by atoms with Crippen LogP contribution in [0.15, 0.2) is 35.8 Å². The summed E-state index contributed by atoms with van der Waals surface area (Å²) in [5.41, 5.74) is 0.0120. The molecule has 3 rings (SSSR count). The fourth-order valence-electron chi connectivity index (χ4n) is 2.32. The molecular formula is C19H20N6O4S. The van der Waals surface area contributed by atoms with Gasteiger partial charge in [0, 0.05) is 17.6 Å². The molecule has 0 saturated carbocycles. The lowest BCUT2D eigenvalue weighted by molar-refractivity contribution is 0.0696. The van der Waals surface area contributed by atoms with Crippen LogP contribution in [0.25, 0.3) is 0 Å². The van der Waals surface area contributed by atoms with Crippen molar-refractivity contribution in [2.24, 2.45) is 0 Å². The molecule has 0 bridgehead atoms. The van der Waals surface area contributed by atoms with Crippen molar-refractivity contribution in [1.82, 2.24) is 19.9 Å². The number of anilines is 2. The van der Waals surface area contributed by atoms with Crippen LogP contribution in [0.3, 0.4) is 0 Å². The molecule has 0 unspecified atom stereocenters. The average molecular weight is 428 g/mol. The maximum atomic E-state index is 12.6. The van der Waals surface area contributed by atoms with Gasteiger partial charge in [0.2, 0.25) is 11.8 Å². The van der Waals surface area contributed by atoms with Crippen molar-refractivity contribution in [3.8, 4) is 6.01 Å². The Labute approximate surface area is 176 Å². The summed E-state index contributed by atoms with van der Waals surface area (Å²) >= 11 is 1.66. The maximum Gasteiger partial charge on any atom is 0.337 e. The van der Waals surface area contributed by atoms with Crippen LogP contribution in [-0.4, -0.2) is 49.6 Å². The van der Waals surface area contributed by atoms with Crippen molar-refractivity contribution in [3.63, 3.8) is 0 Å². The Hall–Kier alpha value is -3.60. The first kappa shape index (κ1) is 21.1. The second-order valence-electron chi connectivity index (χ2n) is 6.38. The average Bonchev–Trinajstić information content (AvgIpc) is 3.21. The lowest BCUT2D eigenvalue weighted by Crippen LogP contribution is -2.20. The zero-order valence-electron chi connectivity index (χ0n) is 16.3. The van der Waals surface area contributed by atoms with Crippen LogP contribution in [0, 0.1) is 0 Å². The van der Waals surface area contributed by atoms with Gasteiger partial charge in [-0.1, -0.05) is 6.07 Å². The minimum Gasteiger partial charge on any atom is -0.478 e. The topological polar surface area (TPSA) is 139 Å². The second-order valence-corrected chi connectivity index (χ2v) is 7.41. The van der Waals surface area contributed by atoms with Crippen molar-refractivity contribution in [1.29, 1.82) is 0 Å². The number of amides is 1. The van der Waals surface area contributed by atoms with Crippen LogP contribution in [-0.2, 0) is 6.42 Å². The number of carboxylic acid groups (broad SMARTS) is 1. The molecule has 10 nitrogen and oxygen atoms in total. The van der Waals surface area contributed by atoms with Crippen molar-refractivity contribution in [2.75, 3.05) is 17.2 Å². The number of pyridine rings is 1. The van der Waals surface area contributed by atoms with E-state index in [0.717, 1.165) is 12.6 Å². The Morgan fingerprint density at radius 3 is 2.67 bits per heavy atom. The first-order valence-corrected chi connectivity index (χ1v) is 9.98. The Kier molecular flexibility index (Phi) is 6.86. The highest BCUT2D eigenvalue weighted by molar-refractivity contribution is 7.09. The molecule has 0 saturated heterocycles. The van der Waals surface area contributed by atoms with E-state index in [1.165, 1.54) is 17.0 Å². The molecule has 0 atom stereocenters. The largest absolute Gasteiger partial charge is 0.478 e. The quantitative estimate of drug-likeness (QED) is 0.469. The van der Waals surface area contributed by atoms with Gasteiger partial charge in [0.25, 0.3) is 5.91 Å². The Balaban J connectivity index is 1.73. The number of carboxylic acids is 1. The van der Waals surface area contributed by atoms with Gasteiger partial charge in [-0.15, -0.1) is 11.3 Å². The molecule has 0 radical (unpaired) electrons. The highest BCUT2D eigenvalue weighted by Crippen LogP contribution is 2.13. The van der Waals surface area contributed by atoms with Crippen LogP contribution in [0.2, 0.25) is 0 Å². The molecule has 30 heavy (non-hydrogen) atoms. The molecule has 1 amide bonds. The summed E-state index contributed by atoms with van der Waals surface area (Å²) < 4.78 is 5.53. The molecule has 3 heterocycles. The monoisotopic (exact) mass is 428 g/mol. The van der Waals surface area contributed by atoms with E-state index < -0.39 is 11.9 Å². The van der Waals surface area contributed by atoms with Crippen LogP contribution < -0.4 is 15.4 Å². The van der Waals surface area contributed by atoms with E-state index in [1.54, 1.807) is 11.3 Å². The number of carbonyl (C=O) groups excluding carboxylic acids is 1. The molecule has 0 aliphatic rings. The highest BCUT2D eigenvalue weighted by atomic mass is 32.1. The van der Waals surface area contributed by atoms with Crippen molar-refractivity contribution >= 4 is 35.0 Å². The van der Waals surface area contributed by atoms with Crippen LogP contribution in [0.4, 0.5) is 11.8 Å². The SMILES string of the molecule is CC(C)Oc1nc(NCCc2cccs2)nc(C(=O)Nc2ccc(C(=O)O)cn2)n1. The summed E-state index contributed by atoms with van der Waals surface area (Å²) in [7, 11) is 0. The second kappa shape index (κ2) is 9.74. The molecule has 11 heteroatoms. The molecule has 3 N–H and O–H groups in total. The molecule has 0 aromatic carbocycles. The third kappa shape index (κ3) is 5.95. The minimum absolute atomic E-state index is 0.0120.